The average Bonchev–Trinajstić information content (AvgIpc) is 3.22. The fourth-order valence-electron chi connectivity index (χ4n) is 2.91. The lowest BCUT2D eigenvalue weighted by Crippen LogP contribution is -2.16. The van der Waals surface area contributed by atoms with Gasteiger partial charge in [0.2, 0.25) is 0 Å². The Morgan fingerprint density at radius 3 is 2.52 bits per heavy atom. The molecule has 3 aromatic heterocycles. The number of hydrogen-bond donors (Lipinski definition) is 0. The molecule has 0 fully saturated rings. The minimum atomic E-state index is -1.40. The van der Waals surface area contributed by atoms with Gasteiger partial charge >= 0.3 is 0 Å². The number of hydrogen-bond acceptors (Lipinski definition) is 3. The quantitative estimate of drug-likeness (QED) is 0.359. The fourth-order valence-corrected chi connectivity index (χ4v) is 3.43. The van der Waals surface area contributed by atoms with E-state index in [1.54, 1.807) is 0 Å². The van der Waals surface area contributed by atoms with Crippen molar-refractivity contribution < 1.29 is 4.52 Å². The van der Waals surface area contributed by atoms with Crippen LogP contribution in [0.3, 0.4) is 0 Å². The van der Waals surface area contributed by atoms with Gasteiger partial charge in [0.15, 0.2) is 0 Å². The third-order valence-corrected chi connectivity index (χ3v) is 5.07. The van der Waals surface area contributed by atoms with Crippen molar-refractivity contribution in [2.75, 3.05) is 0 Å². The van der Waals surface area contributed by atoms with Crippen LogP contribution < -0.4 is 0 Å². The van der Waals surface area contributed by atoms with Crippen LogP contribution in [0.15, 0.2) is 59.4 Å². The van der Waals surface area contributed by atoms with Gasteiger partial charge in [0.1, 0.15) is 25.2 Å². The Hall–Kier alpha value is -3.10. The van der Waals surface area contributed by atoms with Crippen LogP contribution in [0, 0.1) is 18.4 Å². The van der Waals surface area contributed by atoms with E-state index in [-0.39, 0.29) is 0 Å². The van der Waals surface area contributed by atoms with E-state index >= 15 is 0 Å². The number of nitrogens with zero attached hydrogens (tertiary/aromatic N) is 3. The summed E-state index contributed by atoms with van der Waals surface area (Å²) in [7, 11) is -1.40. The van der Waals surface area contributed by atoms with E-state index in [0.717, 1.165) is 39.5 Å². The maximum atomic E-state index is 5.48. The standard InChI is InChI=1S/C22H21N3OSi/c1-16-21(22(24-26-16)18-8-6-5-7-9-18)19-15-25-14-17(10-11-20(25)23-19)12-13-27(2,3)4/h5-11,14-15H,1-4H3. The van der Waals surface area contributed by atoms with Crippen molar-refractivity contribution in [3.05, 3.63) is 66.2 Å². The van der Waals surface area contributed by atoms with Gasteiger partial charge in [-0.1, -0.05) is 61.0 Å². The summed E-state index contributed by atoms with van der Waals surface area (Å²) < 4.78 is 7.50. The van der Waals surface area contributed by atoms with Crippen molar-refractivity contribution >= 4 is 13.7 Å². The molecule has 27 heavy (non-hydrogen) atoms. The summed E-state index contributed by atoms with van der Waals surface area (Å²) in [6.45, 7) is 8.65. The van der Waals surface area contributed by atoms with Crippen LogP contribution in [0.1, 0.15) is 11.3 Å². The molecule has 0 saturated carbocycles. The minimum absolute atomic E-state index is 0.760. The SMILES string of the molecule is Cc1onc(-c2ccccc2)c1-c1cn2cc(C#C[Si](C)(C)C)ccc2n1. The van der Waals surface area contributed by atoms with Gasteiger partial charge in [0, 0.05) is 23.5 Å². The molecule has 134 valence electrons. The molecular weight excluding hydrogens is 350 g/mol. The van der Waals surface area contributed by atoms with Crippen LogP contribution >= 0.6 is 0 Å². The number of benzene rings is 1. The van der Waals surface area contributed by atoms with E-state index in [9.17, 15) is 0 Å². The van der Waals surface area contributed by atoms with Crippen molar-refractivity contribution in [3.63, 3.8) is 0 Å². The molecule has 0 unspecified atom stereocenters. The summed E-state index contributed by atoms with van der Waals surface area (Å²) in [6, 6.07) is 14.1. The lowest BCUT2D eigenvalue weighted by atomic mass is 10.0. The van der Waals surface area contributed by atoms with Crippen molar-refractivity contribution in [3.8, 4) is 34.0 Å². The summed E-state index contributed by atoms with van der Waals surface area (Å²) in [5, 5.41) is 4.26. The highest BCUT2D eigenvalue weighted by Gasteiger charge is 2.19. The first kappa shape index (κ1) is 17.3. The Kier molecular flexibility index (Phi) is 4.21. The minimum Gasteiger partial charge on any atom is -0.360 e. The number of imidazole rings is 1. The summed E-state index contributed by atoms with van der Waals surface area (Å²) in [5.41, 5.74) is 8.90. The van der Waals surface area contributed by atoms with E-state index in [2.05, 4.69) is 36.3 Å². The molecule has 0 saturated heterocycles. The fraction of sp³-hybridized carbons (Fsp3) is 0.182. The topological polar surface area (TPSA) is 43.3 Å². The number of aromatic nitrogens is 3. The first-order valence-corrected chi connectivity index (χ1v) is 12.4. The number of fused-ring (bicyclic) bond motifs is 1. The summed E-state index contributed by atoms with van der Waals surface area (Å²) >= 11 is 0. The van der Waals surface area contributed by atoms with Gasteiger partial charge in [0.05, 0.1) is 11.3 Å². The van der Waals surface area contributed by atoms with Crippen LogP contribution in [-0.4, -0.2) is 22.6 Å². The largest absolute Gasteiger partial charge is 0.360 e. The van der Waals surface area contributed by atoms with Crippen LogP contribution in [0.5, 0.6) is 0 Å². The highest BCUT2D eigenvalue weighted by Crippen LogP contribution is 2.33. The van der Waals surface area contributed by atoms with Crippen LogP contribution in [0.25, 0.3) is 28.2 Å². The third-order valence-electron chi connectivity index (χ3n) is 4.20. The third kappa shape index (κ3) is 3.57. The van der Waals surface area contributed by atoms with E-state index in [4.69, 9.17) is 9.51 Å². The molecule has 4 aromatic rings. The molecule has 0 aliphatic carbocycles. The summed E-state index contributed by atoms with van der Waals surface area (Å²) in [6.07, 6.45) is 4.05. The lowest BCUT2D eigenvalue weighted by Gasteiger charge is -2.03. The van der Waals surface area contributed by atoms with Crippen molar-refractivity contribution in [1.82, 2.24) is 14.5 Å². The van der Waals surface area contributed by atoms with Gasteiger partial charge in [-0.05, 0) is 19.1 Å². The molecule has 0 aliphatic heterocycles. The Bertz CT molecular complexity index is 1170. The van der Waals surface area contributed by atoms with Gasteiger partial charge in [-0.25, -0.2) is 4.98 Å². The average molecular weight is 372 g/mol. The van der Waals surface area contributed by atoms with Gasteiger partial charge in [-0.2, -0.15) is 0 Å². The van der Waals surface area contributed by atoms with E-state index in [1.165, 1.54) is 0 Å². The molecule has 5 heteroatoms. The van der Waals surface area contributed by atoms with Gasteiger partial charge in [-0.15, -0.1) is 5.54 Å². The first-order valence-electron chi connectivity index (χ1n) is 8.95. The second-order valence-corrected chi connectivity index (χ2v) is 12.4. The zero-order chi connectivity index (χ0) is 19.0. The molecule has 0 radical (unpaired) electrons. The maximum absolute atomic E-state index is 5.48. The summed E-state index contributed by atoms with van der Waals surface area (Å²) in [5.74, 6) is 4.06. The van der Waals surface area contributed by atoms with Crippen molar-refractivity contribution in [2.24, 2.45) is 0 Å². The second-order valence-electron chi connectivity index (χ2n) is 7.64. The molecule has 0 bridgehead atoms. The number of rotatable bonds is 2. The molecule has 4 rings (SSSR count). The van der Waals surface area contributed by atoms with Crippen LogP contribution in [-0.2, 0) is 0 Å². The molecule has 0 N–H and O–H groups in total. The molecule has 0 spiro atoms. The van der Waals surface area contributed by atoms with Crippen LogP contribution in [0.2, 0.25) is 19.6 Å². The van der Waals surface area contributed by atoms with Crippen LogP contribution in [0.4, 0.5) is 0 Å². The van der Waals surface area contributed by atoms with E-state index in [1.807, 2.05) is 66.2 Å². The monoisotopic (exact) mass is 371 g/mol. The normalized spacial score (nSPS) is 11.4. The highest BCUT2D eigenvalue weighted by atomic mass is 28.3. The Labute approximate surface area is 159 Å². The zero-order valence-electron chi connectivity index (χ0n) is 15.9. The molecule has 1 aromatic carbocycles. The molecular formula is C22H21N3OSi. The zero-order valence-corrected chi connectivity index (χ0v) is 16.9. The van der Waals surface area contributed by atoms with Gasteiger partial charge in [0.25, 0.3) is 0 Å². The van der Waals surface area contributed by atoms with E-state index in [0.29, 0.717) is 0 Å². The Morgan fingerprint density at radius 1 is 1.00 bits per heavy atom. The predicted molar refractivity (Wildman–Crippen MR) is 111 cm³/mol. The predicted octanol–water partition coefficient (Wildman–Crippen LogP) is 5.19. The lowest BCUT2D eigenvalue weighted by molar-refractivity contribution is 0.400. The molecule has 0 amide bonds. The maximum Gasteiger partial charge on any atom is 0.143 e. The summed E-state index contributed by atoms with van der Waals surface area (Å²) in [4.78, 5) is 4.78. The Balaban J connectivity index is 1.80. The molecule has 0 aliphatic rings. The van der Waals surface area contributed by atoms with Gasteiger partial charge < -0.3 is 8.92 Å². The number of aryl methyl sites for hydroxylation is 1. The second kappa shape index (κ2) is 6.56. The molecule has 3 heterocycles. The van der Waals surface area contributed by atoms with E-state index < -0.39 is 8.07 Å². The number of pyridine rings is 1. The molecule has 4 nitrogen and oxygen atoms in total. The van der Waals surface area contributed by atoms with Gasteiger partial charge in [-0.3, -0.25) is 0 Å². The molecule has 0 atom stereocenters. The Morgan fingerprint density at radius 2 is 1.78 bits per heavy atom. The van der Waals surface area contributed by atoms with Crippen molar-refractivity contribution in [1.29, 1.82) is 0 Å². The highest BCUT2D eigenvalue weighted by molar-refractivity contribution is 6.83. The smallest absolute Gasteiger partial charge is 0.143 e. The first-order chi connectivity index (χ1) is 12.9. The van der Waals surface area contributed by atoms with Crippen molar-refractivity contribution in [2.45, 2.75) is 26.6 Å².